The highest BCUT2D eigenvalue weighted by atomic mass is 32.1. The molecule has 4 saturated carbocycles. The van der Waals surface area contributed by atoms with E-state index in [2.05, 4.69) is 12.6 Å². The lowest BCUT2D eigenvalue weighted by Crippen LogP contribution is -2.61. The van der Waals surface area contributed by atoms with E-state index >= 15 is 0 Å². The van der Waals surface area contributed by atoms with Gasteiger partial charge in [0.05, 0.1) is 12.0 Å². The smallest absolute Gasteiger partial charge is 0.435 e. The number of hydrogen-bond acceptors (Lipinski definition) is 4. The third-order valence-corrected chi connectivity index (χ3v) is 8.32. The summed E-state index contributed by atoms with van der Waals surface area (Å²) in [7, 11) is 0. The second-order valence-corrected chi connectivity index (χ2v) is 9.86. The van der Waals surface area contributed by atoms with Gasteiger partial charge in [0, 0.05) is 12.2 Å². The van der Waals surface area contributed by atoms with Gasteiger partial charge in [0.2, 0.25) is 0 Å². The van der Waals surface area contributed by atoms with Crippen LogP contribution in [-0.4, -0.2) is 52.1 Å². The van der Waals surface area contributed by atoms with E-state index in [1.165, 1.54) is 32.1 Å². The highest BCUT2D eigenvalue weighted by molar-refractivity contribution is 7.80. The number of imide groups is 1. The molecule has 146 valence electrons. The van der Waals surface area contributed by atoms with Crippen molar-refractivity contribution < 1.29 is 23.9 Å². The Hall–Kier alpha value is -0.590. The van der Waals surface area contributed by atoms with Gasteiger partial charge in [-0.25, -0.2) is 4.79 Å². The first-order chi connectivity index (χ1) is 12.3. The monoisotopic (exact) mass is 382 g/mol. The summed E-state index contributed by atoms with van der Waals surface area (Å²) >= 11 is 4.21. The Kier molecular flexibility index (Phi) is 4.89. The van der Waals surface area contributed by atoms with Crippen LogP contribution in [0.15, 0.2) is 0 Å². The fourth-order valence-corrected chi connectivity index (χ4v) is 6.85. The third kappa shape index (κ3) is 2.83. The Morgan fingerprint density at radius 1 is 1.12 bits per heavy atom. The number of nitrogens with zero attached hydrogens (tertiary/aromatic N) is 1. The van der Waals surface area contributed by atoms with E-state index in [9.17, 15) is 14.7 Å². The average molecular weight is 383 g/mol. The van der Waals surface area contributed by atoms with Crippen molar-refractivity contribution >= 4 is 24.6 Å². The summed E-state index contributed by atoms with van der Waals surface area (Å²) < 4.78 is 6.09. The molecule has 5 aliphatic rings. The summed E-state index contributed by atoms with van der Waals surface area (Å²) in [6.07, 6.45) is 6.33. The first kappa shape index (κ1) is 18.8. The van der Waals surface area contributed by atoms with Gasteiger partial charge in [-0.15, -0.1) is 0 Å². The standard InChI is InChI=1S/C20H31NO4S/c1-11(10-26)19(22)21(20(23)24)9-17(3-12(21)2)25-18-15-5-13-4-14(7-15)8-16(18)6-13/h11-18H,3-10H2,1-2H3,(H-,23,24,26)/p+1/t11?,12-,13?,14?,15?,16?,17-,18?,21-/m1/s1. The molecule has 5 nitrogen and oxygen atoms in total. The zero-order chi connectivity index (χ0) is 18.6. The molecule has 4 bridgehead atoms. The topological polar surface area (TPSA) is 63.6 Å². The Morgan fingerprint density at radius 2 is 1.69 bits per heavy atom. The molecular weight excluding hydrogens is 350 g/mol. The summed E-state index contributed by atoms with van der Waals surface area (Å²) in [5, 5.41) is 9.95. The van der Waals surface area contributed by atoms with Crippen LogP contribution in [0.3, 0.4) is 0 Å². The van der Waals surface area contributed by atoms with Gasteiger partial charge in [-0.05, 0) is 69.6 Å². The van der Waals surface area contributed by atoms with Gasteiger partial charge in [-0.1, -0.05) is 0 Å². The van der Waals surface area contributed by atoms with E-state index in [0.29, 0.717) is 24.0 Å². The lowest BCUT2D eigenvalue weighted by atomic mass is 9.55. The SMILES string of the molecule is CC(CS)C(=O)[N@@+]1(C(=O)O)C[C@H](OC2C3CC4CC(C3)CC2C4)C[C@H]1C. The highest BCUT2D eigenvalue weighted by Gasteiger charge is 2.59. The predicted molar refractivity (Wildman–Crippen MR) is 101 cm³/mol. The minimum absolute atomic E-state index is 0.125. The van der Waals surface area contributed by atoms with Gasteiger partial charge < -0.3 is 9.84 Å². The maximum Gasteiger partial charge on any atom is 0.521 e. The molecule has 0 spiro atoms. The number of hydrogen-bond donors (Lipinski definition) is 2. The van der Waals surface area contributed by atoms with Gasteiger partial charge in [-0.2, -0.15) is 21.9 Å². The number of likely N-dealkylation sites (tertiary alicyclic amines) is 1. The van der Waals surface area contributed by atoms with Crippen LogP contribution in [0, 0.1) is 29.6 Å². The number of carbonyl (C=O) groups excluding carboxylic acids is 1. The zero-order valence-corrected chi connectivity index (χ0v) is 16.7. The number of rotatable bonds is 4. The van der Waals surface area contributed by atoms with E-state index in [1.54, 1.807) is 6.92 Å². The summed E-state index contributed by atoms with van der Waals surface area (Å²) in [6.45, 7) is 3.94. The molecule has 0 radical (unpaired) electrons. The molecule has 5 rings (SSSR count). The van der Waals surface area contributed by atoms with Crippen LogP contribution < -0.4 is 0 Å². The quantitative estimate of drug-likeness (QED) is 0.576. The first-order valence-electron chi connectivity index (χ1n) is 10.3. The van der Waals surface area contributed by atoms with Crippen molar-refractivity contribution in [2.45, 2.75) is 70.6 Å². The zero-order valence-electron chi connectivity index (χ0n) is 15.8. The lowest BCUT2D eigenvalue weighted by molar-refractivity contribution is -0.795. The number of amides is 2. The fourth-order valence-electron chi connectivity index (χ4n) is 6.69. The van der Waals surface area contributed by atoms with Crippen LogP contribution in [0.2, 0.25) is 0 Å². The van der Waals surface area contributed by atoms with Gasteiger partial charge >= 0.3 is 12.0 Å². The van der Waals surface area contributed by atoms with E-state index in [0.717, 1.165) is 11.8 Å². The maximum absolute atomic E-state index is 12.9. The summed E-state index contributed by atoms with van der Waals surface area (Å²) in [6, 6.07) is -0.246. The molecule has 1 N–H and O–H groups in total. The molecule has 0 aromatic carbocycles. The molecule has 1 saturated heterocycles. The summed E-state index contributed by atoms with van der Waals surface area (Å²) in [5.74, 6) is 2.88. The Balaban J connectivity index is 1.49. The normalized spacial score (nSPS) is 47.9. The van der Waals surface area contributed by atoms with Crippen molar-refractivity contribution in [1.82, 2.24) is 0 Å². The summed E-state index contributed by atoms with van der Waals surface area (Å²) in [5.41, 5.74) is 0. The van der Waals surface area contributed by atoms with Crippen LogP contribution in [0.4, 0.5) is 4.79 Å². The second-order valence-electron chi connectivity index (χ2n) is 9.49. The molecule has 0 aromatic heterocycles. The van der Waals surface area contributed by atoms with Crippen LogP contribution >= 0.6 is 12.6 Å². The maximum atomic E-state index is 12.9. The van der Waals surface area contributed by atoms with Crippen LogP contribution in [-0.2, 0) is 9.53 Å². The minimum Gasteiger partial charge on any atom is -0.435 e. The van der Waals surface area contributed by atoms with Crippen molar-refractivity contribution in [3.05, 3.63) is 0 Å². The summed E-state index contributed by atoms with van der Waals surface area (Å²) in [4.78, 5) is 25.1. The number of ether oxygens (including phenoxy) is 1. The molecule has 2 amide bonds. The number of carboxylic acid groups (broad SMARTS) is 1. The predicted octanol–water partition coefficient (Wildman–Crippen LogP) is 3.58. The molecule has 4 atom stereocenters. The molecule has 26 heavy (non-hydrogen) atoms. The van der Waals surface area contributed by atoms with Crippen molar-refractivity contribution in [1.29, 1.82) is 0 Å². The molecule has 0 aromatic rings. The van der Waals surface area contributed by atoms with Gasteiger partial charge in [0.1, 0.15) is 18.7 Å². The number of carbonyl (C=O) groups is 2. The molecule has 1 unspecified atom stereocenters. The third-order valence-electron chi connectivity index (χ3n) is 7.77. The largest absolute Gasteiger partial charge is 0.521 e. The number of quaternary nitrogens is 1. The molecule has 6 heteroatoms. The van der Waals surface area contributed by atoms with Gasteiger partial charge in [0.25, 0.3) is 0 Å². The van der Waals surface area contributed by atoms with Gasteiger partial charge in [-0.3, -0.25) is 0 Å². The van der Waals surface area contributed by atoms with E-state index in [-0.39, 0.29) is 36.6 Å². The number of thiol groups is 1. The van der Waals surface area contributed by atoms with Gasteiger partial charge in [0.15, 0.2) is 0 Å². The van der Waals surface area contributed by atoms with Crippen molar-refractivity contribution in [2.75, 3.05) is 12.3 Å². The van der Waals surface area contributed by atoms with Crippen molar-refractivity contribution in [3.63, 3.8) is 0 Å². The average Bonchev–Trinajstić information content (AvgIpc) is 2.93. The lowest BCUT2D eigenvalue weighted by Gasteiger charge is -2.54. The molecule has 5 fully saturated rings. The Bertz CT molecular complexity index is 568. The molecule has 4 aliphatic carbocycles. The first-order valence-corrected chi connectivity index (χ1v) is 10.9. The van der Waals surface area contributed by atoms with Crippen molar-refractivity contribution in [3.8, 4) is 0 Å². The van der Waals surface area contributed by atoms with E-state index < -0.39 is 10.6 Å². The van der Waals surface area contributed by atoms with Crippen LogP contribution in [0.5, 0.6) is 0 Å². The minimum atomic E-state index is -1.03. The van der Waals surface area contributed by atoms with E-state index in [1.807, 2.05) is 6.92 Å². The van der Waals surface area contributed by atoms with Crippen LogP contribution in [0.1, 0.15) is 52.4 Å². The molecule has 1 aliphatic heterocycles. The Labute approximate surface area is 161 Å². The molecule has 1 heterocycles. The fraction of sp³-hybridized carbons (Fsp3) is 0.900. The Morgan fingerprint density at radius 3 is 2.19 bits per heavy atom. The second kappa shape index (κ2) is 6.78. The molecular formula is C20H32NO4S+. The van der Waals surface area contributed by atoms with E-state index in [4.69, 9.17) is 4.74 Å². The van der Waals surface area contributed by atoms with Crippen molar-refractivity contribution in [2.24, 2.45) is 29.6 Å². The highest BCUT2D eigenvalue weighted by Crippen LogP contribution is 2.55. The van der Waals surface area contributed by atoms with Crippen LogP contribution in [0.25, 0.3) is 0 Å².